The number of rotatable bonds is 4. The first kappa shape index (κ1) is 11.9. The number of carbonyl (C=O) groups excluding carboxylic acids is 1. The van der Waals surface area contributed by atoms with Crippen LogP contribution in [0.2, 0.25) is 0 Å². The predicted molar refractivity (Wildman–Crippen MR) is 62.7 cm³/mol. The molecule has 1 aliphatic rings. The highest BCUT2D eigenvalue weighted by Gasteiger charge is 2.27. The smallest absolute Gasteiger partial charge is 0.251 e. The van der Waals surface area contributed by atoms with Gasteiger partial charge in [-0.25, -0.2) is 0 Å². The number of hydrogen-bond donors (Lipinski definition) is 2. The highest BCUT2D eigenvalue weighted by molar-refractivity contribution is 5.81. The topological polar surface area (TPSA) is 73.6 Å². The molecule has 1 aromatic rings. The minimum Gasteiger partial charge on any atom is -0.491 e. The van der Waals surface area contributed by atoms with E-state index in [1.807, 2.05) is 24.3 Å². The fraction of sp³-hybridized carbons (Fsp3) is 0.417. The molecule has 1 amide bonds. The number of ether oxygens (including phenoxy) is 2. The van der Waals surface area contributed by atoms with Gasteiger partial charge in [0.2, 0.25) is 0 Å². The minimum atomic E-state index is -0.609. The van der Waals surface area contributed by atoms with Gasteiger partial charge in [0.25, 0.3) is 5.91 Å². The third-order valence-electron chi connectivity index (χ3n) is 2.81. The highest BCUT2D eigenvalue weighted by atomic mass is 16.5. The van der Waals surface area contributed by atoms with Crippen molar-refractivity contribution < 1.29 is 14.3 Å². The number of carbonyl (C=O) groups is 1. The summed E-state index contributed by atoms with van der Waals surface area (Å²) in [4.78, 5) is 11.8. The number of benzene rings is 1. The lowest BCUT2D eigenvalue weighted by molar-refractivity contribution is -0.131. The van der Waals surface area contributed by atoms with Gasteiger partial charge in [0.1, 0.15) is 18.5 Å². The Hall–Kier alpha value is -1.59. The van der Waals surface area contributed by atoms with Crippen molar-refractivity contribution in [3.05, 3.63) is 29.8 Å². The van der Waals surface area contributed by atoms with E-state index in [-0.39, 0.29) is 18.5 Å². The number of nitrogens with two attached hydrogens (primary N) is 1. The van der Waals surface area contributed by atoms with E-state index in [0.29, 0.717) is 6.61 Å². The Morgan fingerprint density at radius 2 is 2.41 bits per heavy atom. The van der Waals surface area contributed by atoms with E-state index < -0.39 is 6.10 Å². The van der Waals surface area contributed by atoms with Crippen LogP contribution >= 0.6 is 0 Å². The Bertz CT molecular complexity index is 404. The summed E-state index contributed by atoms with van der Waals surface area (Å²) in [6.07, 6.45) is -0.609. The van der Waals surface area contributed by atoms with E-state index in [1.54, 1.807) is 0 Å². The fourth-order valence-electron chi connectivity index (χ4n) is 1.86. The van der Waals surface area contributed by atoms with Crippen molar-refractivity contribution in [2.75, 3.05) is 20.3 Å². The highest BCUT2D eigenvalue weighted by Crippen LogP contribution is 2.31. The van der Waals surface area contributed by atoms with Crippen molar-refractivity contribution in [1.82, 2.24) is 5.32 Å². The molecule has 17 heavy (non-hydrogen) atoms. The van der Waals surface area contributed by atoms with E-state index in [1.165, 1.54) is 7.11 Å². The second-order valence-electron chi connectivity index (χ2n) is 3.87. The summed E-state index contributed by atoms with van der Waals surface area (Å²) in [6, 6.07) is 7.53. The molecular formula is C12H16N2O3. The number of para-hydroxylation sites is 1. The standard InChI is InChI=1S/C12H16N2O3/c1-16-11(6-13)12(15)14-9-7-17-10-5-3-2-4-8(9)10/h2-5,9,11H,6-7,13H2,1H3,(H,14,15). The molecule has 0 bridgehead atoms. The van der Waals surface area contributed by atoms with Gasteiger partial charge in [-0.15, -0.1) is 0 Å². The Morgan fingerprint density at radius 3 is 3.12 bits per heavy atom. The van der Waals surface area contributed by atoms with Gasteiger partial charge in [-0.3, -0.25) is 4.79 Å². The summed E-state index contributed by atoms with van der Waals surface area (Å²) < 4.78 is 10.5. The molecule has 1 aromatic carbocycles. The van der Waals surface area contributed by atoms with Crippen LogP contribution < -0.4 is 15.8 Å². The molecule has 0 saturated heterocycles. The van der Waals surface area contributed by atoms with Gasteiger partial charge in [0.05, 0.1) is 6.04 Å². The van der Waals surface area contributed by atoms with Crippen LogP contribution in [0.15, 0.2) is 24.3 Å². The number of methoxy groups -OCH3 is 1. The zero-order valence-corrected chi connectivity index (χ0v) is 9.68. The maximum Gasteiger partial charge on any atom is 0.251 e. The molecule has 0 aromatic heterocycles. The molecule has 0 spiro atoms. The lowest BCUT2D eigenvalue weighted by Gasteiger charge is -2.16. The Labute approximate surface area is 99.9 Å². The van der Waals surface area contributed by atoms with E-state index in [2.05, 4.69) is 5.32 Å². The van der Waals surface area contributed by atoms with Crippen LogP contribution in [0, 0.1) is 0 Å². The minimum absolute atomic E-state index is 0.122. The first-order valence-corrected chi connectivity index (χ1v) is 5.51. The summed E-state index contributed by atoms with van der Waals surface area (Å²) in [5.41, 5.74) is 6.43. The summed E-state index contributed by atoms with van der Waals surface area (Å²) >= 11 is 0. The number of nitrogens with one attached hydrogen (secondary N) is 1. The molecule has 1 aliphatic heterocycles. The van der Waals surface area contributed by atoms with Crippen LogP contribution in [-0.2, 0) is 9.53 Å². The quantitative estimate of drug-likeness (QED) is 0.783. The van der Waals surface area contributed by atoms with E-state index in [0.717, 1.165) is 11.3 Å². The Balaban J connectivity index is 2.04. The molecule has 2 unspecified atom stereocenters. The zero-order valence-electron chi connectivity index (χ0n) is 9.68. The van der Waals surface area contributed by atoms with E-state index in [4.69, 9.17) is 15.2 Å². The van der Waals surface area contributed by atoms with Crippen LogP contribution in [0.4, 0.5) is 0 Å². The summed E-state index contributed by atoms with van der Waals surface area (Å²) in [5, 5.41) is 2.87. The summed E-state index contributed by atoms with van der Waals surface area (Å²) in [7, 11) is 1.47. The second kappa shape index (κ2) is 5.16. The molecule has 1 heterocycles. The summed E-state index contributed by atoms with van der Waals surface area (Å²) in [6.45, 7) is 0.615. The third kappa shape index (κ3) is 2.40. The van der Waals surface area contributed by atoms with E-state index >= 15 is 0 Å². The molecule has 3 N–H and O–H groups in total. The van der Waals surface area contributed by atoms with Crippen molar-refractivity contribution in [3.63, 3.8) is 0 Å². The molecule has 2 rings (SSSR count). The number of amides is 1. The van der Waals surface area contributed by atoms with Crippen LogP contribution in [0.5, 0.6) is 5.75 Å². The van der Waals surface area contributed by atoms with Gasteiger partial charge in [0.15, 0.2) is 0 Å². The maximum atomic E-state index is 11.8. The molecule has 5 nitrogen and oxygen atoms in total. The zero-order chi connectivity index (χ0) is 12.3. The van der Waals surface area contributed by atoms with E-state index in [9.17, 15) is 4.79 Å². The number of hydrogen-bond acceptors (Lipinski definition) is 4. The molecule has 5 heteroatoms. The molecule has 92 valence electrons. The molecular weight excluding hydrogens is 220 g/mol. The Morgan fingerprint density at radius 1 is 1.65 bits per heavy atom. The van der Waals surface area contributed by atoms with Crippen molar-refractivity contribution in [3.8, 4) is 5.75 Å². The molecule has 0 aliphatic carbocycles. The monoisotopic (exact) mass is 236 g/mol. The maximum absolute atomic E-state index is 11.8. The van der Waals surface area contributed by atoms with Gasteiger partial charge in [0, 0.05) is 19.2 Å². The van der Waals surface area contributed by atoms with Crippen LogP contribution in [0.3, 0.4) is 0 Å². The summed E-state index contributed by atoms with van der Waals surface area (Å²) in [5.74, 6) is 0.611. The molecule has 0 fully saturated rings. The first-order chi connectivity index (χ1) is 8.26. The van der Waals surface area contributed by atoms with Crippen molar-refractivity contribution >= 4 is 5.91 Å². The van der Waals surface area contributed by atoms with Gasteiger partial charge in [-0.1, -0.05) is 18.2 Å². The average molecular weight is 236 g/mol. The lowest BCUT2D eigenvalue weighted by Crippen LogP contribution is -2.42. The van der Waals surface area contributed by atoms with Crippen molar-refractivity contribution in [2.45, 2.75) is 12.1 Å². The molecule has 0 saturated carbocycles. The first-order valence-electron chi connectivity index (χ1n) is 5.51. The molecule has 2 atom stereocenters. The average Bonchev–Trinajstić information content (AvgIpc) is 2.74. The second-order valence-corrected chi connectivity index (χ2v) is 3.87. The lowest BCUT2D eigenvalue weighted by atomic mass is 10.1. The van der Waals surface area contributed by atoms with Gasteiger partial charge in [-0.05, 0) is 6.07 Å². The van der Waals surface area contributed by atoms with Crippen molar-refractivity contribution in [2.24, 2.45) is 5.73 Å². The largest absolute Gasteiger partial charge is 0.491 e. The predicted octanol–water partition coefficient (Wildman–Crippen LogP) is 0.210. The van der Waals surface area contributed by atoms with Crippen molar-refractivity contribution in [1.29, 1.82) is 0 Å². The van der Waals surface area contributed by atoms with Gasteiger partial charge in [-0.2, -0.15) is 0 Å². The third-order valence-corrected chi connectivity index (χ3v) is 2.81. The van der Waals surface area contributed by atoms with Gasteiger partial charge >= 0.3 is 0 Å². The SMILES string of the molecule is COC(CN)C(=O)NC1COc2ccccc21. The fourth-order valence-corrected chi connectivity index (χ4v) is 1.86. The van der Waals surface area contributed by atoms with Crippen LogP contribution in [0.1, 0.15) is 11.6 Å². The Kier molecular flexibility index (Phi) is 3.61. The van der Waals surface area contributed by atoms with Crippen LogP contribution in [0.25, 0.3) is 0 Å². The van der Waals surface area contributed by atoms with Gasteiger partial charge < -0.3 is 20.5 Å². The molecule has 0 radical (unpaired) electrons. The van der Waals surface area contributed by atoms with Crippen LogP contribution in [-0.4, -0.2) is 32.3 Å². The normalized spacial score (nSPS) is 19.3. The number of fused-ring (bicyclic) bond motifs is 1.